The van der Waals surface area contributed by atoms with Gasteiger partial charge in [-0.25, -0.2) is 8.42 Å². The summed E-state index contributed by atoms with van der Waals surface area (Å²) in [6, 6.07) is 8.29. The van der Waals surface area contributed by atoms with Crippen molar-refractivity contribution >= 4 is 44.6 Å². The highest BCUT2D eigenvalue weighted by Gasteiger charge is 2.33. The molecule has 2 aromatic rings. The van der Waals surface area contributed by atoms with E-state index in [4.69, 9.17) is 27.6 Å². The number of carbonyl (C=O) groups is 1. The lowest BCUT2D eigenvalue weighted by atomic mass is 10.2. The van der Waals surface area contributed by atoms with Crippen LogP contribution in [0.1, 0.15) is 12.2 Å². The molecule has 0 aliphatic carbocycles. The number of benzene rings is 1. The summed E-state index contributed by atoms with van der Waals surface area (Å²) in [7, 11) is -3.07. The summed E-state index contributed by atoms with van der Waals surface area (Å²) >= 11 is 12.1. The second-order valence-electron chi connectivity index (χ2n) is 6.19. The number of rotatable bonds is 6. The van der Waals surface area contributed by atoms with Gasteiger partial charge in [-0.15, -0.1) is 0 Å². The molecule has 1 aromatic heterocycles. The van der Waals surface area contributed by atoms with Gasteiger partial charge in [0.25, 0.3) is 0 Å². The molecule has 0 spiro atoms. The van der Waals surface area contributed by atoms with Gasteiger partial charge in [0.15, 0.2) is 9.84 Å². The highest BCUT2D eigenvalue weighted by Crippen LogP contribution is 2.29. The van der Waals surface area contributed by atoms with Crippen molar-refractivity contribution in [3.63, 3.8) is 0 Å². The molecule has 9 heteroatoms. The fourth-order valence-electron chi connectivity index (χ4n) is 2.95. The van der Waals surface area contributed by atoms with Crippen LogP contribution in [0.4, 0.5) is 5.69 Å². The molecule has 1 aliphatic rings. The Morgan fingerprint density at radius 2 is 2.08 bits per heavy atom. The Hall–Kier alpha value is -1.54. The number of carbonyl (C=O) groups excluding carboxylic acids is 1. The van der Waals surface area contributed by atoms with Crippen LogP contribution in [0.25, 0.3) is 0 Å². The van der Waals surface area contributed by atoms with Crippen LogP contribution >= 0.6 is 23.2 Å². The SMILES string of the molecule is O=C(CN(Cc1ccco1)[C@@H]1CCS(=O)(=O)C1)Nc1cccc(Cl)c1Cl. The third-order valence-electron chi connectivity index (χ3n) is 4.24. The van der Waals surface area contributed by atoms with Crippen LogP contribution in [0.2, 0.25) is 10.0 Å². The Morgan fingerprint density at radius 1 is 1.27 bits per heavy atom. The van der Waals surface area contributed by atoms with E-state index in [0.29, 0.717) is 29.4 Å². The molecule has 1 amide bonds. The molecule has 0 saturated carbocycles. The van der Waals surface area contributed by atoms with E-state index in [1.807, 2.05) is 4.90 Å². The minimum atomic E-state index is -3.07. The van der Waals surface area contributed by atoms with Gasteiger partial charge < -0.3 is 9.73 Å². The molecule has 0 unspecified atom stereocenters. The van der Waals surface area contributed by atoms with E-state index in [1.165, 1.54) is 0 Å². The number of sulfone groups is 1. The second-order valence-corrected chi connectivity index (χ2v) is 9.20. The van der Waals surface area contributed by atoms with E-state index >= 15 is 0 Å². The lowest BCUT2D eigenvalue weighted by Crippen LogP contribution is -2.41. The highest BCUT2D eigenvalue weighted by molar-refractivity contribution is 7.91. The monoisotopic (exact) mass is 416 g/mol. The number of furan rings is 1. The van der Waals surface area contributed by atoms with E-state index < -0.39 is 9.84 Å². The van der Waals surface area contributed by atoms with Crippen LogP contribution in [0.3, 0.4) is 0 Å². The molecule has 3 rings (SSSR count). The Bertz CT molecular complexity index is 884. The van der Waals surface area contributed by atoms with E-state index in [-0.39, 0.29) is 35.0 Å². The largest absolute Gasteiger partial charge is 0.468 e. The van der Waals surface area contributed by atoms with Crippen molar-refractivity contribution in [2.45, 2.75) is 19.0 Å². The van der Waals surface area contributed by atoms with Crippen LogP contribution in [-0.4, -0.2) is 43.3 Å². The Labute approximate surface area is 162 Å². The van der Waals surface area contributed by atoms with Crippen molar-refractivity contribution in [3.8, 4) is 0 Å². The third-order valence-corrected chi connectivity index (χ3v) is 6.81. The van der Waals surface area contributed by atoms with Crippen LogP contribution in [-0.2, 0) is 21.2 Å². The molecule has 0 bridgehead atoms. The zero-order valence-electron chi connectivity index (χ0n) is 13.8. The van der Waals surface area contributed by atoms with Gasteiger partial charge in [0, 0.05) is 6.04 Å². The number of hydrogen-bond donors (Lipinski definition) is 1. The molecule has 1 N–H and O–H groups in total. The zero-order chi connectivity index (χ0) is 18.7. The first kappa shape index (κ1) is 19.2. The number of amides is 1. The molecule has 6 nitrogen and oxygen atoms in total. The van der Waals surface area contributed by atoms with E-state index in [2.05, 4.69) is 5.32 Å². The molecular weight excluding hydrogens is 399 g/mol. The van der Waals surface area contributed by atoms with E-state index in [9.17, 15) is 13.2 Å². The van der Waals surface area contributed by atoms with Crippen molar-refractivity contribution in [2.24, 2.45) is 0 Å². The average molecular weight is 417 g/mol. The first-order valence-corrected chi connectivity index (χ1v) is 10.6. The van der Waals surface area contributed by atoms with Crippen molar-refractivity contribution in [3.05, 3.63) is 52.4 Å². The summed E-state index contributed by atoms with van der Waals surface area (Å²) in [4.78, 5) is 14.3. The maximum Gasteiger partial charge on any atom is 0.238 e. The lowest BCUT2D eigenvalue weighted by molar-refractivity contribution is -0.118. The number of nitrogens with one attached hydrogen (secondary N) is 1. The summed E-state index contributed by atoms with van der Waals surface area (Å²) in [6.07, 6.45) is 2.04. The molecule has 1 aromatic carbocycles. The zero-order valence-corrected chi connectivity index (χ0v) is 16.1. The summed E-state index contributed by atoms with van der Waals surface area (Å²) in [6.45, 7) is 0.369. The third kappa shape index (κ3) is 4.79. The molecule has 1 fully saturated rings. The quantitative estimate of drug-likeness (QED) is 0.781. The maximum absolute atomic E-state index is 12.5. The van der Waals surface area contributed by atoms with Gasteiger partial charge in [0.2, 0.25) is 5.91 Å². The van der Waals surface area contributed by atoms with Gasteiger partial charge in [0.1, 0.15) is 5.76 Å². The molecule has 0 radical (unpaired) electrons. The van der Waals surface area contributed by atoms with Crippen LogP contribution in [0, 0.1) is 0 Å². The Balaban J connectivity index is 1.72. The van der Waals surface area contributed by atoms with Gasteiger partial charge in [0.05, 0.1) is 46.6 Å². The average Bonchev–Trinajstić information content (AvgIpc) is 3.20. The summed E-state index contributed by atoms with van der Waals surface area (Å²) in [5.41, 5.74) is 0.418. The topological polar surface area (TPSA) is 79.6 Å². The summed E-state index contributed by atoms with van der Waals surface area (Å²) in [5, 5.41) is 3.34. The first-order valence-electron chi connectivity index (χ1n) is 8.05. The minimum absolute atomic E-state index is 0.0176. The second kappa shape index (κ2) is 8.00. The molecule has 26 heavy (non-hydrogen) atoms. The Kier molecular flexibility index (Phi) is 5.92. The van der Waals surface area contributed by atoms with Crippen molar-refractivity contribution < 1.29 is 17.6 Å². The molecule has 1 atom stereocenters. The van der Waals surface area contributed by atoms with Crippen LogP contribution in [0.5, 0.6) is 0 Å². The molecule has 1 saturated heterocycles. The number of halogens is 2. The van der Waals surface area contributed by atoms with E-state index in [1.54, 1.807) is 36.6 Å². The van der Waals surface area contributed by atoms with Crippen molar-refractivity contribution in [1.29, 1.82) is 0 Å². The molecular formula is C17H18Cl2N2O4S. The predicted molar refractivity (Wildman–Crippen MR) is 101 cm³/mol. The standard InChI is InChI=1S/C17H18Cl2N2O4S/c18-14-4-1-5-15(17(14)19)20-16(22)10-21(9-13-3-2-7-25-13)12-6-8-26(23,24)11-12/h1-5,7,12H,6,8-11H2,(H,20,22)/t12-/m1/s1. The highest BCUT2D eigenvalue weighted by atomic mass is 35.5. The summed E-state index contributed by atoms with van der Waals surface area (Å²) < 4.78 is 29.0. The summed E-state index contributed by atoms with van der Waals surface area (Å²) in [5.74, 6) is 0.542. The number of hydrogen-bond acceptors (Lipinski definition) is 5. The normalized spacial score (nSPS) is 19.0. The first-order chi connectivity index (χ1) is 12.3. The molecule has 2 heterocycles. The molecule has 1 aliphatic heterocycles. The lowest BCUT2D eigenvalue weighted by Gasteiger charge is -2.26. The maximum atomic E-state index is 12.5. The van der Waals surface area contributed by atoms with Crippen molar-refractivity contribution in [1.82, 2.24) is 4.90 Å². The number of anilines is 1. The Morgan fingerprint density at radius 3 is 2.73 bits per heavy atom. The van der Waals surface area contributed by atoms with E-state index in [0.717, 1.165) is 0 Å². The van der Waals surface area contributed by atoms with Gasteiger partial charge in [-0.2, -0.15) is 0 Å². The molecule has 140 valence electrons. The van der Waals surface area contributed by atoms with Crippen LogP contribution < -0.4 is 5.32 Å². The smallest absolute Gasteiger partial charge is 0.238 e. The van der Waals surface area contributed by atoms with Crippen LogP contribution in [0.15, 0.2) is 41.0 Å². The predicted octanol–water partition coefficient (Wildman–Crippen LogP) is 3.21. The van der Waals surface area contributed by atoms with Gasteiger partial charge in [-0.3, -0.25) is 9.69 Å². The fourth-order valence-corrected chi connectivity index (χ4v) is 5.06. The fraction of sp³-hybridized carbons (Fsp3) is 0.353. The van der Waals surface area contributed by atoms with Gasteiger partial charge in [-0.1, -0.05) is 29.3 Å². The minimum Gasteiger partial charge on any atom is -0.468 e. The number of nitrogens with zero attached hydrogens (tertiary/aromatic N) is 1. The van der Waals surface area contributed by atoms with Gasteiger partial charge in [-0.05, 0) is 30.7 Å². The van der Waals surface area contributed by atoms with Gasteiger partial charge >= 0.3 is 0 Å². The van der Waals surface area contributed by atoms with Crippen molar-refractivity contribution in [2.75, 3.05) is 23.4 Å².